The maximum absolute atomic E-state index is 12.8. The molecular weight excluding hydrogens is 432 g/mol. The number of benzene rings is 1. The van der Waals surface area contributed by atoms with Crippen molar-refractivity contribution in [1.29, 1.82) is 10.5 Å². The Morgan fingerprint density at radius 1 is 1.21 bits per heavy atom. The minimum absolute atomic E-state index is 0.00375. The molecule has 33 heavy (non-hydrogen) atoms. The smallest absolute Gasteiger partial charge is 0.266 e. The first-order chi connectivity index (χ1) is 16.0. The van der Waals surface area contributed by atoms with Crippen molar-refractivity contribution in [2.75, 3.05) is 12.4 Å². The van der Waals surface area contributed by atoms with Crippen LogP contribution in [0.1, 0.15) is 45.8 Å². The van der Waals surface area contributed by atoms with E-state index in [9.17, 15) is 15.3 Å². The van der Waals surface area contributed by atoms with Gasteiger partial charge in [-0.1, -0.05) is 6.07 Å². The number of nitrogens with one attached hydrogen (secondary N) is 1. The summed E-state index contributed by atoms with van der Waals surface area (Å²) in [6, 6.07) is 13.4. The molecule has 0 aliphatic heterocycles. The topological polar surface area (TPSA) is 90.8 Å². The molecule has 1 aliphatic rings. The Kier molecular flexibility index (Phi) is 6.35. The van der Waals surface area contributed by atoms with Crippen LogP contribution >= 0.6 is 11.3 Å². The van der Waals surface area contributed by atoms with Crippen molar-refractivity contribution >= 4 is 29.0 Å². The summed E-state index contributed by atoms with van der Waals surface area (Å²) >= 11 is 1.68. The predicted octanol–water partition coefficient (Wildman–Crippen LogP) is 5.46. The van der Waals surface area contributed by atoms with E-state index >= 15 is 0 Å². The Balaban J connectivity index is 1.69. The van der Waals surface area contributed by atoms with Gasteiger partial charge in [-0.3, -0.25) is 4.79 Å². The number of aryl methyl sites for hydroxylation is 2. The van der Waals surface area contributed by atoms with Crippen LogP contribution in [0.5, 0.6) is 5.75 Å². The molecule has 7 heteroatoms. The maximum atomic E-state index is 12.8. The van der Waals surface area contributed by atoms with Crippen LogP contribution in [-0.2, 0) is 17.6 Å². The summed E-state index contributed by atoms with van der Waals surface area (Å²) in [5, 5.41) is 23.2. The second kappa shape index (κ2) is 9.36. The summed E-state index contributed by atoms with van der Waals surface area (Å²) in [5.41, 5.74) is 5.12. The number of carbonyl (C=O) groups excluding carboxylic acids is 1. The molecule has 0 saturated heterocycles. The molecule has 2 heterocycles. The van der Waals surface area contributed by atoms with Crippen LogP contribution in [0.25, 0.3) is 11.1 Å². The minimum atomic E-state index is -0.486. The Bertz CT molecular complexity index is 1350. The van der Waals surface area contributed by atoms with Gasteiger partial charge in [-0.15, -0.1) is 11.3 Å². The largest absolute Gasteiger partial charge is 0.497 e. The molecule has 1 N–H and O–H groups in total. The van der Waals surface area contributed by atoms with Gasteiger partial charge in [0.05, 0.1) is 12.7 Å². The number of thiophene rings is 1. The number of rotatable bonds is 5. The Morgan fingerprint density at radius 3 is 2.73 bits per heavy atom. The van der Waals surface area contributed by atoms with Crippen molar-refractivity contribution in [3.8, 4) is 22.9 Å². The molecule has 0 unspecified atom stereocenters. The van der Waals surface area contributed by atoms with Crippen molar-refractivity contribution in [3.05, 3.63) is 68.9 Å². The average molecular weight is 457 g/mol. The van der Waals surface area contributed by atoms with Crippen LogP contribution in [-0.4, -0.2) is 17.6 Å². The lowest BCUT2D eigenvalue weighted by Crippen LogP contribution is -2.13. The summed E-state index contributed by atoms with van der Waals surface area (Å²) in [7, 11) is 1.55. The zero-order valence-electron chi connectivity index (χ0n) is 18.9. The van der Waals surface area contributed by atoms with Crippen molar-refractivity contribution < 1.29 is 9.53 Å². The molecule has 0 fully saturated rings. The molecular formula is C26H24N4O2S. The highest BCUT2D eigenvalue weighted by Crippen LogP contribution is 2.38. The minimum Gasteiger partial charge on any atom is -0.497 e. The summed E-state index contributed by atoms with van der Waals surface area (Å²) < 4.78 is 7.26. The van der Waals surface area contributed by atoms with E-state index in [4.69, 9.17) is 4.74 Å². The molecule has 1 amide bonds. The third kappa shape index (κ3) is 4.28. The maximum Gasteiger partial charge on any atom is 0.266 e. The van der Waals surface area contributed by atoms with Crippen LogP contribution in [0, 0.1) is 36.5 Å². The fourth-order valence-corrected chi connectivity index (χ4v) is 5.72. The van der Waals surface area contributed by atoms with E-state index in [-0.39, 0.29) is 5.57 Å². The number of aromatic nitrogens is 1. The van der Waals surface area contributed by atoms with Gasteiger partial charge in [0.1, 0.15) is 28.5 Å². The van der Waals surface area contributed by atoms with E-state index in [0.717, 1.165) is 53.2 Å². The van der Waals surface area contributed by atoms with Gasteiger partial charge >= 0.3 is 0 Å². The van der Waals surface area contributed by atoms with Gasteiger partial charge in [0.2, 0.25) is 0 Å². The number of methoxy groups -OCH3 is 1. The number of hydrogen-bond acceptors (Lipinski definition) is 5. The van der Waals surface area contributed by atoms with Gasteiger partial charge in [-0.25, -0.2) is 0 Å². The molecule has 166 valence electrons. The second-order valence-electron chi connectivity index (χ2n) is 8.02. The first kappa shape index (κ1) is 22.4. The fourth-order valence-electron chi connectivity index (χ4n) is 4.27. The van der Waals surface area contributed by atoms with Crippen molar-refractivity contribution in [3.63, 3.8) is 0 Å². The van der Waals surface area contributed by atoms with Crippen LogP contribution in [0.15, 0.2) is 35.9 Å². The fraction of sp³-hybridized carbons (Fsp3) is 0.269. The summed E-state index contributed by atoms with van der Waals surface area (Å²) in [6.07, 6.45) is 5.84. The predicted molar refractivity (Wildman–Crippen MR) is 130 cm³/mol. The monoisotopic (exact) mass is 456 g/mol. The Hall–Kier alpha value is -3.81. The highest BCUT2D eigenvalue weighted by Gasteiger charge is 2.24. The van der Waals surface area contributed by atoms with Crippen LogP contribution in [0.4, 0.5) is 5.69 Å². The van der Waals surface area contributed by atoms with Crippen molar-refractivity contribution in [1.82, 2.24) is 4.57 Å². The van der Waals surface area contributed by atoms with Crippen molar-refractivity contribution in [2.24, 2.45) is 0 Å². The number of amides is 1. The van der Waals surface area contributed by atoms with E-state index in [1.54, 1.807) is 48.8 Å². The number of fused-ring (bicyclic) bond motifs is 1. The van der Waals surface area contributed by atoms with Gasteiger partial charge in [0.15, 0.2) is 0 Å². The number of nitrogens with zero attached hydrogens (tertiary/aromatic N) is 3. The number of carbonyl (C=O) groups is 1. The van der Waals surface area contributed by atoms with E-state index in [1.165, 1.54) is 10.4 Å². The molecule has 0 atom stereocenters. The Morgan fingerprint density at radius 2 is 2.00 bits per heavy atom. The molecule has 0 bridgehead atoms. The molecule has 0 radical (unpaired) electrons. The van der Waals surface area contributed by atoms with E-state index in [0.29, 0.717) is 11.4 Å². The Labute approximate surface area is 197 Å². The zero-order valence-corrected chi connectivity index (χ0v) is 19.7. The standard InChI is InChI=1S/C26H24N4O2S/c1-16-11-18(12-19(14-27)25(31)29-20-7-6-8-21(13-20)32-3)17(2)30(16)26-23(15-28)22-9-4-5-10-24(22)33-26/h6-8,11-13H,4-5,9-10H2,1-3H3,(H,29,31)/b19-12-. The molecule has 1 aliphatic carbocycles. The summed E-state index contributed by atoms with van der Waals surface area (Å²) in [6.45, 7) is 3.93. The van der Waals surface area contributed by atoms with Gasteiger partial charge in [-0.2, -0.15) is 10.5 Å². The number of anilines is 1. The highest BCUT2D eigenvalue weighted by atomic mass is 32.1. The first-order valence-electron chi connectivity index (χ1n) is 10.8. The second-order valence-corrected chi connectivity index (χ2v) is 9.10. The molecule has 2 aromatic heterocycles. The van der Waals surface area contributed by atoms with Gasteiger partial charge in [0.25, 0.3) is 5.91 Å². The molecule has 0 saturated carbocycles. The van der Waals surface area contributed by atoms with E-state index in [2.05, 4.69) is 16.0 Å². The molecule has 0 spiro atoms. The number of ether oxygens (including phenoxy) is 1. The van der Waals surface area contributed by atoms with Crippen LogP contribution < -0.4 is 10.1 Å². The third-order valence-electron chi connectivity index (χ3n) is 5.93. The average Bonchev–Trinajstić information content (AvgIpc) is 3.32. The third-order valence-corrected chi connectivity index (χ3v) is 7.21. The van der Waals surface area contributed by atoms with Crippen molar-refractivity contribution in [2.45, 2.75) is 39.5 Å². The number of hydrogen-bond donors (Lipinski definition) is 1. The van der Waals surface area contributed by atoms with E-state index in [1.807, 2.05) is 26.0 Å². The first-order valence-corrected chi connectivity index (χ1v) is 11.6. The normalized spacial score (nSPS) is 13.1. The van der Waals surface area contributed by atoms with Gasteiger partial charge in [0, 0.05) is 28.0 Å². The SMILES string of the molecule is COc1cccc(NC(=O)/C(C#N)=C\c2cc(C)n(-c3sc4c(c3C#N)CCCC4)c2C)c1. The van der Waals surface area contributed by atoms with Crippen LogP contribution in [0.2, 0.25) is 0 Å². The molecule has 6 nitrogen and oxygen atoms in total. The van der Waals surface area contributed by atoms with Gasteiger partial charge < -0.3 is 14.6 Å². The van der Waals surface area contributed by atoms with Gasteiger partial charge in [-0.05, 0) is 74.9 Å². The summed E-state index contributed by atoms with van der Waals surface area (Å²) in [5.74, 6) is 0.130. The lowest BCUT2D eigenvalue weighted by Gasteiger charge is -2.10. The molecule has 4 rings (SSSR count). The van der Waals surface area contributed by atoms with Crippen LogP contribution in [0.3, 0.4) is 0 Å². The lowest BCUT2D eigenvalue weighted by molar-refractivity contribution is -0.112. The highest BCUT2D eigenvalue weighted by molar-refractivity contribution is 7.15. The quantitative estimate of drug-likeness (QED) is 0.408. The van der Waals surface area contributed by atoms with E-state index < -0.39 is 5.91 Å². The number of nitriles is 2. The molecule has 1 aromatic carbocycles. The summed E-state index contributed by atoms with van der Waals surface area (Å²) in [4.78, 5) is 14.1. The zero-order chi connectivity index (χ0) is 23.5. The molecule has 3 aromatic rings. The lowest BCUT2D eigenvalue weighted by atomic mass is 9.96.